The van der Waals surface area contributed by atoms with E-state index in [1.54, 1.807) is 0 Å². The molecule has 0 spiro atoms. The lowest BCUT2D eigenvalue weighted by atomic mass is 10.2. The Bertz CT molecular complexity index is 261. The van der Waals surface area contributed by atoms with Crippen LogP contribution in [-0.2, 0) is 11.3 Å². The van der Waals surface area contributed by atoms with Gasteiger partial charge in [-0.15, -0.1) is 0 Å². The van der Waals surface area contributed by atoms with Crippen molar-refractivity contribution in [1.29, 1.82) is 0 Å². The first-order valence-corrected chi connectivity index (χ1v) is 4.44. The summed E-state index contributed by atoms with van der Waals surface area (Å²) in [6.45, 7) is 4.76. The number of nitrogens with one attached hydrogen (secondary N) is 1. The summed E-state index contributed by atoms with van der Waals surface area (Å²) >= 11 is 0. The Labute approximate surface area is 81.4 Å². The molecule has 0 aliphatic carbocycles. The van der Waals surface area contributed by atoms with Crippen molar-refractivity contribution in [3.8, 4) is 0 Å². The minimum Gasteiger partial charge on any atom is -0.352 e. The number of hydrogen-bond donors (Lipinski definition) is 1. The molecule has 0 bridgehead atoms. The molecular weight excluding hydrogens is 162 g/mol. The molecule has 2 nitrogen and oxygen atoms in total. The molecule has 13 heavy (non-hydrogen) atoms. The van der Waals surface area contributed by atoms with E-state index in [0.717, 1.165) is 5.56 Å². The van der Waals surface area contributed by atoms with E-state index >= 15 is 0 Å². The summed E-state index contributed by atoms with van der Waals surface area (Å²) in [6, 6.07) is 9.20. The van der Waals surface area contributed by atoms with Crippen LogP contribution in [0.2, 0.25) is 0 Å². The zero-order valence-electron chi connectivity index (χ0n) is 9.37. The summed E-state index contributed by atoms with van der Waals surface area (Å²) in [6.07, 6.45) is 0. The molecule has 1 unspecified atom stereocenters. The van der Waals surface area contributed by atoms with Gasteiger partial charge in [-0.3, -0.25) is 4.79 Å². The first kappa shape index (κ1) is 9.78. The number of rotatable bonds is 2. The largest absolute Gasteiger partial charge is 0.352 e. The minimum absolute atomic E-state index is 0.182. The van der Waals surface area contributed by atoms with Crippen LogP contribution in [0, 0.1) is 0 Å². The second-order valence-electron chi connectivity index (χ2n) is 2.26. The van der Waals surface area contributed by atoms with Crippen molar-refractivity contribution in [3.05, 3.63) is 35.9 Å². The Morgan fingerprint density at radius 1 is 1.38 bits per heavy atom. The molecule has 0 aliphatic rings. The van der Waals surface area contributed by atoms with Crippen LogP contribution in [0.4, 0.5) is 0 Å². The normalized spacial score (nSPS) is 11.8. The third-order valence-electron chi connectivity index (χ3n) is 1.24. The molecule has 0 aromatic heterocycles. The van der Waals surface area contributed by atoms with Gasteiger partial charge in [0.05, 0.1) is 1.37 Å². The summed E-state index contributed by atoms with van der Waals surface area (Å²) in [5, 5.41) is 2.49. The fourth-order valence-electron chi connectivity index (χ4n) is 0.734. The van der Waals surface area contributed by atoms with Gasteiger partial charge in [0.1, 0.15) is 0 Å². The van der Waals surface area contributed by atoms with Crippen molar-refractivity contribution >= 4 is 5.91 Å². The van der Waals surface area contributed by atoms with E-state index in [1.807, 2.05) is 44.2 Å². The molecule has 1 amide bonds. The van der Waals surface area contributed by atoms with Gasteiger partial charge in [-0.25, -0.2) is 0 Å². The Hall–Kier alpha value is -1.31. The van der Waals surface area contributed by atoms with Crippen molar-refractivity contribution in [2.24, 2.45) is 0 Å². The van der Waals surface area contributed by atoms with E-state index in [0.29, 0.717) is 0 Å². The van der Waals surface area contributed by atoms with Crippen molar-refractivity contribution in [2.45, 2.75) is 27.3 Å². The van der Waals surface area contributed by atoms with E-state index in [1.165, 1.54) is 6.92 Å². The standard InChI is InChI=1S/C9H11NO.C2H6/c1-8(11)10-7-9-5-3-2-4-6-9;1-2/h2-6H,7H2,1H3,(H,10,11);1-2H3/i7D;. The lowest BCUT2D eigenvalue weighted by molar-refractivity contribution is -0.119. The molecule has 1 aromatic carbocycles. The third kappa shape index (κ3) is 5.91. The maximum Gasteiger partial charge on any atom is 0.217 e. The minimum atomic E-state index is -0.649. The number of carbonyl (C=O) groups excluding carboxylic acids is 1. The first-order chi connectivity index (χ1) is 6.70. The SMILES string of the molecule is CC.[2H]C(NC(C)=O)c1ccccc1. The van der Waals surface area contributed by atoms with Gasteiger partial charge in [0.25, 0.3) is 0 Å². The van der Waals surface area contributed by atoms with Crippen LogP contribution >= 0.6 is 0 Å². The van der Waals surface area contributed by atoms with Gasteiger partial charge in [-0.05, 0) is 5.56 Å². The van der Waals surface area contributed by atoms with Gasteiger partial charge in [0.2, 0.25) is 5.91 Å². The third-order valence-corrected chi connectivity index (χ3v) is 1.24. The summed E-state index contributed by atoms with van der Waals surface area (Å²) in [5.41, 5.74) is 0.799. The predicted molar refractivity (Wildman–Crippen MR) is 55.3 cm³/mol. The molecule has 0 aliphatic heterocycles. The second kappa shape index (κ2) is 7.35. The average Bonchev–Trinajstić information content (AvgIpc) is 2.21. The number of benzene rings is 1. The molecule has 0 heterocycles. The molecule has 72 valence electrons. The summed E-state index contributed by atoms with van der Waals surface area (Å²) in [7, 11) is 0. The first-order valence-electron chi connectivity index (χ1n) is 5.02. The smallest absolute Gasteiger partial charge is 0.217 e. The quantitative estimate of drug-likeness (QED) is 0.743. The number of carbonyl (C=O) groups is 1. The Morgan fingerprint density at radius 2 is 1.92 bits per heavy atom. The zero-order chi connectivity index (χ0) is 11.0. The van der Waals surface area contributed by atoms with Crippen molar-refractivity contribution < 1.29 is 6.17 Å². The predicted octanol–water partition coefficient (Wildman–Crippen LogP) is 2.35. The highest BCUT2D eigenvalue weighted by atomic mass is 16.1. The maximum atomic E-state index is 10.6. The van der Waals surface area contributed by atoms with Crippen molar-refractivity contribution in [3.63, 3.8) is 0 Å². The molecule has 1 N–H and O–H groups in total. The van der Waals surface area contributed by atoms with E-state index in [2.05, 4.69) is 5.32 Å². The molecule has 2 heteroatoms. The van der Waals surface area contributed by atoms with Crippen molar-refractivity contribution in [1.82, 2.24) is 5.32 Å². The summed E-state index contributed by atoms with van der Waals surface area (Å²) in [4.78, 5) is 10.6. The maximum absolute atomic E-state index is 10.6. The Balaban J connectivity index is 0.000000791. The lowest BCUT2D eigenvalue weighted by Crippen LogP contribution is -2.18. The van der Waals surface area contributed by atoms with Gasteiger partial charge in [0, 0.05) is 13.4 Å². The molecule has 0 saturated carbocycles. The summed E-state index contributed by atoms with van der Waals surface area (Å²) in [5.74, 6) is -0.182. The monoisotopic (exact) mass is 180 g/mol. The lowest BCUT2D eigenvalue weighted by Gasteiger charge is -2.00. The van der Waals surface area contributed by atoms with Crippen LogP contribution in [0.1, 0.15) is 27.7 Å². The number of hydrogen-bond acceptors (Lipinski definition) is 1. The van der Waals surface area contributed by atoms with E-state index in [9.17, 15) is 4.79 Å². The van der Waals surface area contributed by atoms with Gasteiger partial charge >= 0.3 is 0 Å². The summed E-state index contributed by atoms with van der Waals surface area (Å²) < 4.78 is 7.51. The van der Waals surface area contributed by atoms with Crippen LogP contribution in [0.5, 0.6) is 0 Å². The molecule has 1 rings (SSSR count). The Morgan fingerprint density at radius 3 is 2.38 bits per heavy atom. The van der Waals surface area contributed by atoms with E-state index in [-0.39, 0.29) is 5.91 Å². The van der Waals surface area contributed by atoms with E-state index in [4.69, 9.17) is 1.37 Å². The molecule has 1 atom stereocenters. The van der Waals surface area contributed by atoms with Gasteiger partial charge in [-0.2, -0.15) is 0 Å². The van der Waals surface area contributed by atoms with Crippen LogP contribution in [0.3, 0.4) is 0 Å². The van der Waals surface area contributed by atoms with Crippen LogP contribution in [-0.4, -0.2) is 5.91 Å². The molecule has 0 radical (unpaired) electrons. The second-order valence-corrected chi connectivity index (χ2v) is 2.26. The van der Waals surface area contributed by atoms with Gasteiger partial charge < -0.3 is 5.32 Å². The zero-order valence-corrected chi connectivity index (χ0v) is 8.37. The van der Waals surface area contributed by atoms with Gasteiger partial charge in [0.15, 0.2) is 0 Å². The van der Waals surface area contributed by atoms with Crippen LogP contribution in [0.15, 0.2) is 30.3 Å². The molecular formula is C11H17NO. The molecule has 0 saturated heterocycles. The Kier molecular flexibility index (Phi) is 5.52. The average molecular weight is 180 g/mol. The highest BCUT2D eigenvalue weighted by Crippen LogP contribution is 1.96. The van der Waals surface area contributed by atoms with Crippen molar-refractivity contribution in [2.75, 3.05) is 0 Å². The highest BCUT2D eigenvalue weighted by molar-refractivity contribution is 5.72. The molecule has 0 fully saturated rings. The van der Waals surface area contributed by atoms with Crippen LogP contribution in [0.25, 0.3) is 0 Å². The fourth-order valence-corrected chi connectivity index (χ4v) is 0.734. The topological polar surface area (TPSA) is 29.1 Å². The molecule has 1 aromatic rings. The number of amides is 1. The van der Waals surface area contributed by atoms with E-state index < -0.39 is 6.52 Å². The fraction of sp³-hybridized carbons (Fsp3) is 0.364. The highest BCUT2D eigenvalue weighted by Gasteiger charge is 1.91. The van der Waals surface area contributed by atoms with Gasteiger partial charge in [-0.1, -0.05) is 44.2 Å². The van der Waals surface area contributed by atoms with Crippen LogP contribution < -0.4 is 5.32 Å².